The van der Waals surface area contributed by atoms with Crippen molar-refractivity contribution in [1.82, 2.24) is 9.78 Å². The third kappa shape index (κ3) is 1.60. The van der Waals surface area contributed by atoms with Gasteiger partial charge in [0.1, 0.15) is 0 Å². The number of aryl methyl sites for hydroxylation is 1. The molecule has 0 saturated carbocycles. The highest BCUT2D eigenvalue weighted by molar-refractivity contribution is 5.28. The molecule has 0 saturated heterocycles. The molecule has 0 aliphatic carbocycles. The van der Waals surface area contributed by atoms with E-state index >= 15 is 0 Å². The largest absolute Gasteiger partial charge is 0.493 e. The van der Waals surface area contributed by atoms with Crippen LogP contribution in [0.1, 0.15) is 25.1 Å². The van der Waals surface area contributed by atoms with Gasteiger partial charge in [0.2, 0.25) is 5.88 Å². The minimum atomic E-state index is 0.283. The van der Waals surface area contributed by atoms with Gasteiger partial charge in [-0.05, 0) is 19.3 Å². The van der Waals surface area contributed by atoms with Crippen LogP contribution in [0, 0.1) is 12.8 Å². The van der Waals surface area contributed by atoms with E-state index in [2.05, 4.69) is 18.9 Å². The van der Waals surface area contributed by atoms with Gasteiger partial charge < -0.3 is 5.11 Å². The molecule has 1 aromatic rings. The van der Waals surface area contributed by atoms with Crippen molar-refractivity contribution >= 4 is 0 Å². The van der Waals surface area contributed by atoms with Gasteiger partial charge in [-0.25, -0.2) is 4.68 Å². The van der Waals surface area contributed by atoms with Gasteiger partial charge in [0.15, 0.2) is 0 Å². The molecule has 0 aromatic carbocycles. The average molecular weight is 168 g/mol. The van der Waals surface area contributed by atoms with Crippen molar-refractivity contribution in [3.63, 3.8) is 0 Å². The van der Waals surface area contributed by atoms with Crippen LogP contribution in [0.5, 0.6) is 5.88 Å². The van der Waals surface area contributed by atoms with Crippen molar-refractivity contribution in [3.8, 4) is 5.88 Å². The maximum atomic E-state index is 9.44. The van der Waals surface area contributed by atoms with E-state index in [1.54, 1.807) is 7.05 Å². The zero-order chi connectivity index (χ0) is 9.30. The predicted octanol–water partition coefficient (Wildman–Crippen LogP) is 1.63. The molecule has 0 fully saturated rings. The van der Waals surface area contributed by atoms with Gasteiger partial charge in [-0.2, -0.15) is 5.10 Å². The van der Waals surface area contributed by atoms with Crippen molar-refractivity contribution in [1.29, 1.82) is 0 Å². The Balaban J connectivity index is 2.93. The molecule has 0 unspecified atom stereocenters. The zero-order valence-corrected chi connectivity index (χ0v) is 8.13. The summed E-state index contributed by atoms with van der Waals surface area (Å²) in [6, 6.07) is 0. The molecule has 1 heterocycles. The van der Waals surface area contributed by atoms with E-state index in [4.69, 9.17) is 0 Å². The summed E-state index contributed by atoms with van der Waals surface area (Å²) in [5.74, 6) is 0.864. The van der Waals surface area contributed by atoms with Crippen molar-refractivity contribution < 1.29 is 5.11 Å². The summed E-state index contributed by atoms with van der Waals surface area (Å²) in [6.45, 7) is 6.19. The number of rotatable bonds is 2. The molecular formula is C9H16N2O. The van der Waals surface area contributed by atoms with Gasteiger partial charge in [0.05, 0.1) is 5.69 Å². The second-order valence-electron chi connectivity index (χ2n) is 3.62. The van der Waals surface area contributed by atoms with E-state index in [1.807, 2.05) is 6.92 Å². The molecule has 0 atom stereocenters. The number of aromatic nitrogens is 2. The zero-order valence-electron chi connectivity index (χ0n) is 8.13. The number of hydrogen-bond acceptors (Lipinski definition) is 2. The van der Waals surface area contributed by atoms with Gasteiger partial charge in [-0.1, -0.05) is 13.8 Å². The SMILES string of the molecule is Cc1c(CC(C)C)nn(C)c1O. The molecule has 12 heavy (non-hydrogen) atoms. The molecular weight excluding hydrogens is 152 g/mol. The Morgan fingerprint density at radius 1 is 1.50 bits per heavy atom. The highest BCUT2D eigenvalue weighted by Crippen LogP contribution is 2.20. The second-order valence-corrected chi connectivity index (χ2v) is 3.62. The monoisotopic (exact) mass is 168 g/mol. The Hall–Kier alpha value is -0.990. The third-order valence-electron chi connectivity index (χ3n) is 1.95. The molecule has 68 valence electrons. The average Bonchev–Trinajstić information content (AvgIpc) is 2.17. The molecule has 0 bridgehead atoms. The topological polar surface area (TPSA) is 38.0 Å². The fourth-order valence-corrected chi connectivity index (χ4v) is 1.26. The second kappa shape index (κ2) is 3.17. The van der Waals surface area contributed by atoms with E-state index in [-0.39, 0.29) is 5.88 Å². The Kier molecular flexibility index (Phi) is 2.40. The highest BCUT2D eigenvalue weighted by atomic mass is 16.3. The third-order valence-corrected chi connectivity index (χ3v) is 1.95. The molecule has 1 rings (SSSR count). The van der Waals surface area contributed by atoms with Crippen molar-refractivity contribution in [3.05, 3.63) is 11.3 Å². The minimum Gasteiger partial charge on any atom is -0.493 e. The summed E-state index contributed by atoms with van der Waals surface area (Å²) in [6.07, 6.45) is 0.931. The van der Waals surface area contributed by atoms with Crippen LogP contribution in [0.4, 0.5) is 0 Å². The summed E-state index contributed by atoms with van der Waals surface area (Å²) in [7, 11) is 1.76. The maximum absolute atomic E-state index is 9.44. The molecule has 3 nitrogen and oxygen atoms in total. The van der Waals surface area contributed by atoms with Gasteiger partial charge in [0.25, 0.3) is 0 Å². The lowest BCUT2D eigenvalue weighted by molar-refractivity contribution is 0.416. The van der Waals surface area contributed by atoms with Crippen LogP contribution in [0.25, 0.3) is 0 Å². The van der Waals surface area contributed by atoms with Gasteiger partial charge in [-0.15, -0.1) is 0 Å². The van der Waals surface area contributed by atoms with Crippen LogP contribution < -0.4 is 0 Å². The smallest absolute Gasteiger partial charge is 0.212 e. The van der Waals surface area contributed by atoms with E-state index in [9.17, 15) is 5.11 Å². The van der Waals surface area contributed by atoms with E-state index in [1.165, 1.54) is 4.68 Å². The summed E-state index contributed by atoms with van der Waals surface area (Å²) >= 11 is 0. The Morgan fingerprint density at radius 3 is 2.42 bits per heavy atom. The first kappa shape index (κ1) is 9.10. The van der Waals surface area contributed by atoms with Crippen LogP contribution in [-0.4, -0.2) is 14.9 Å². The minimum absolute atomic E-state index is 0.283. The lowest BCUT2D eigenvalue weighted by atomic mass is 10.1. The predicted molar refractivity (Wildman–Crippen MR) is 48.2 cm³/mol. The first-order valence-corrected chi connectivity index (χ1v) is 4.23. The van der Waals surface area contributed by atoms with Crippen molar-refractivity contribution in [2.45, 2.75) is 27.2 Å². The van der Waals surface area contributed by atoms with Crippen LogP contribution >= 0.6 is 0 Å². The molecule has 0 aliphatic heterocycles. The van der Waals surface area contributed by atoms with Gasteiger partial charge in [-0.3, -0.25) is 0 Å². The number of hydrogen-bond donors (Lipinski definition) is 1. The van der Waals surface area contributed by atoms with Gasteiger partial charge in [0, 0.05) is 12.6 Å². The quantitative estimate of drug-likeness (QED) is 0.729. The molecule has 0 radical (unpaired) electrons. The summed E-state index contributed by atoms with van der Waals surface area (Å²) < 4.78 is 1.52. The number of aromatic hydroxyl groups is 1. The summed E-state index contributed by atoms with van der Waals surface area (Å²) in [4.78, 5) is 0. The molecule has 3 heteroatoms. The first-order chi connectivity index (χ1) is 5.52. The fraction of sp³-hybridized carbons (Fsp3) is 0.667. The van der Waals surface area contributed by atoms with E-state index in [0.717, 1.165) is 17.7 Å². The van der Waals surface area contributed by atoms with Crippen LogP contribution in [0.15, 0.2) is 0 Å². The molecule has 0 spiro atoms. The van der Waals surface area contributed by atoms with E-state index in [0.29, 0.717) is 5.92 Å². The molecule has 0 amide bonds. The van der Waals surface area contributed by atoms with Crippen LogP contribution in [0.2, 0.25) is 0 Å². The van der Waals surface area contributed by atoms with Gasteiger partial charge >= 0.3 is 0 Å². The molecule has 1 N–H and O–H groups in total. The number of nitrogens with zero attached hydrogens (tertiary/aromatic N) is 2. The van der Waals surface area contributed by atoms with E-state index < -0.39 is 0 Å². The maximum Gasteiger partial charge on any atom is 0.212 e. The Bertz CT molecular complexity index is 276. The first-order valence-electron chi connectivity index (χ1n) is 4.23. The van der Waals surface area contributed by atoms with Crippen molar-refractivity contribution in [2.24, 2.45) is 13.0 Å². The fourth-order valence-electron chi connectivity index (χ4n) is 1.26. The Morgan fingerprint density at radius 2 is 2.08 bits per heavy atom. The highest BCUT2D eigenvalue weighted by Gasteiger charge is 2.11. The van der Waals surface area contributed by atoms with Crippen LogP contribution in [0.3, 0.4) is 0 Å². The standard InChI is InChI=1S/C9H16N2O/c1-6(2)5-8-7(3)9(12)11(4)10-8/h6,12H,5H2,1-4H3. The molecule has 1 aromatic heterocycles. The lowest BCUT2D eigenvalue weighted by Crippen LogP contribution is -1.97. The summed E-state index contributed by atoms with van der Waals surface area (Å²) in [5, 5.41) is 13.7. The molecule has 0 aliphatic rings. The lowest BCUT2D eigenvalue weighted by Gasteiger charge is -2.00. The van der Waals surface area contributed by atoms with Crippen LogP contribution in [-0.2, 0) is 13.5 Å². The van der Waals surface area contributed by atoms with Crippen molar-refractivity contribution in [2.75, 3.05) is 0 Å². The summed E-state index contributed by atoms with van der Waals surface area (Å²) in [5.41, 5.74) is 1.91. The normalized spacial score (nSPS) is 11.1. The Labute approximate surface area is 73.0 Å².